The molecule has 0 saturated heterocycles. The van der Waals surface area contributed by atoms with E-state index >= 15 is 0 Å². The lowest BCUT2D eigenvalue weighted by atomic mass is 10.0. The summed E-state index contributed by atoms with van der Waals surface area (Å²) in [4.78, 5) is 38.2. The van der Waals surface area contributed by atoms with Gasteiger partial charge in [0.25, 0.3) is 0 Å². The average molecular weight is 990 g/mol. The molecule has 0 aromatic heterocycles. The molecular formula is C65H112O6. The van der Waals surface area contributed by atoms with Crippen LogP contribution in [0.1, 0.15) is 290 Å². The van der Waals surface area contributed by atoms with E-state index < -0.39 is 6.10 Å². The zero-order valence-corrected chi connectivity index (χ0v) is 46.7. The van der Waals surface area contributed by atoms with Gasteiger partial charge >= 0.3 is 17.9 Å². The van der Waals surface area contributed by atoms with E-state index in [9.17, 15) is 14.4 Å². The van der Waals surface area contributed by atoms with Crippen molar-refractivity contribution in [1.29, 1.82) is 0 Å². The number of rotatable bonds is 54. The quantitative estimate of drug-likeness (QED) is 0.0261. The van der Waals surface area contributed by atoms with Crippen LogP contribution in [0.4, 0.5) is 0 Å². The zero-order chi connectivity index (χ0) is 51.4. The molecule has 71 heavy (non-hydrogen) atoms. The van der Waals surface area contributed by atoms with Crippen LogP contribution in [0.3, 0.4) is 0 Å². The summed E-state index contributed by atoms with van der Waals surface area (Å²) in [5.74, 6) is -0.938. The first-order valence-corrected chi connectivity index (χ1v) is 30.1. The fraction of sp³-hybridized carbons (Fsp3) is 0.738. The number of hydrogen-bond acceptors (Lipinski definition) is 6. The summed E-state index contributed by atoms with van der Waals surface area (Å²) in [7, 11) is 0. The van der Waals surface area contributed by atoms with Crippen LogP contribution in [0.25, 0.3) is 0 Å². The fourth-order valence-electron chi connectivity index (χ4n) is 8.38. The number of unbranched alkanes of at least 4 members (excludes halogenated alkanes) is 29. The first kappa shape index (κ1) is 67.6. The number of hydrogen-bond donors (Lipinski definition) is 0. The molecule has 6 nitrogen and oxygen atoms in total. The lowest BCUT2D eigenvalue weighted by molar-refractivity contribution is -0.167. The number of ether oxygens (including phenoxy) is 3. The summed E-state index contributed by atoms with van der Waals surface area (Å²) in [6.45, 7) is 6.48. The van der Waals surface area contributed by atoms with Crippen molar-refractivity contribution in [2.75, 3.05) is 13.2 Å². The summed E-state index contributed by atoms with van der Waals surface area (Å²) in [5.41, 5.74) is 0. The molecule has 0 aliphatic carbocycles. The summed E-state index contributed by atoms with van der Waals surface area (Å²) in [6.07, 6.45) is 77.2. The molecule has 0 N–H and O–H groups in total. The predicted molar refractivity (Wildman–Crippen MR) is 307 cm³/mol. The Morgan fingerprint density at radius 2 is 0.549 bits per heavy atom. The van der Waals surface area contributed by atoms with E-state index in [1.54, 1.807) is 0 Å². The zero-order valence-electron chi connectivity index (χ0n) is 46.7. The van der Waals surface area contributed by atoms with Gasteiger partial charge in [-0.3, -0.25) is 14.4 Å². The van der Waals surface area contributed by atoms with Gasteiger partial charge in [0, 0.05) is 19.3 Å². The van der Waals surface area contributed by atoms with Crippen molar-refractivity contribution in [3.63, 3.8) is 0 Å². The Morgan fingerprint density at radius 3 is 0.915 bits per heavy atom. The first-order valence-electron chi connectivity index (χ1n) is 30.1. The minimum atomic E-state index is -0.799. The van der Waals surface area contributed by atoms with Gasteiger partial charge in [-0.25, -0.2) is 0 Å². The molecule has 0 aromatic carbocycles. The second-order valence-electron chi connectivity index (χ2n) is 19.9. The van der Waals surface area contributed by atoms with Gasteiger partial charge in [0.1, 0.15) is 13.2 Å². The van der Waals surface area contributed by atoms with Crippen LogP contribution in [0.2, 0.25) is 0 Å². The van der Waals surface area contributed by atoms with Gasteiger partial charge in [-0.15, -0.1) is 0 Å². The Kier molecular flexibility index (Phi) is 56.3. The first-order chi connectivity index (χ1) is 35.0. The van der Waals surface area contributed by atoms with Crippen molar-refractivity contribution in [3.05, 3.63) is 85.1 Å². The molecule has 0 aromatic rings. The van der Waals surface area contributed by atoms with E-state index in [2.05, 4.69) is 106 Å². The molecule has 0 saturated carbocycles. The SMILES string of the molecule is CC/C=C\C/C=C\C/C=C\C/C=C\CCCCC(=O)OC[C@H](COC(=O)CCCCCCCC/C=C\C/C=C\C/C=C\CCCCC)OC(=O)CCCCCCCCCCCCCCCCCCCCC. The van der Waals surface area contributed by atoms with E-state index in [0.29, 0.717) is 19.3 Å². The number of esters is 3. The minimum absolute atomic E-state index is 0.0949. The second kappa shape index (κ2) is 59.2. The van der Waals surface area contributed by atoms with E-state index in [1.807, 2.05) is 0 Å². The Balaban J connectivity index is 4.43. The Morgan fingerprint density at radius 1 is 0.296 bits per heavy atom. The maximum atomic E-state index is 12.9. The van der Waals surface area contributed by atoms with Crippen LogP contribution in [0.15, 0.2) is 85.1 Å². The highest BCUT2D eigenvalue weighted by Gasteiger charge is 2.19. The smallest absolute Gasteiger partial charge is 0.306 e. The predicted octanol–water partition coefficient (Wildman–Crippen LogP) is 20.3. The number of carbonyl (C=O) groups excluding carboxylic acids is 3. The molecule has 0 aliphatic heterocycles. The average Bonchev–Trinajstić information content (AvgIpc) is 3.37. The van der Waals surface area contributed by atoms with Crippen molar-refractivity contribution in [2.45, 2.75) is 297 Å². The van der Waals surface area contributed by atoms with Gasteiger partial charge in [0.2, 0.25) is 0 Å². The highest BCUT2D eigenvalue weighted by atomic mass is 16.6. The number of carbonyl (C=O) groups is 3. The highest BCUT2D eigenvalue weighted by molar-refractivity contribution is 5.71. The van der Waals surface area contributed by atoms with Crippen LogP contribution in [-0.2, 0) is 28.6 Å². The summed E-state index contributed by atoms with van der Waals surface area (Å²) in [6, 6.07) is 0. The summed E-state index contributed by atoms with van der Waals surface area (Å²) in [5, 5.41) is 0. The second-order valence-corrected chi connectivity index (χ2v) is 19.9. The van der Waals surface area contributed by atoms with Gasteiger partial charge in [-0.2, -0.15) is 0 Å². The molecule has 0 spiro atoms. The van der Waals surface area contributed by atoms with Crippen LogP contribution >= 0.6 is 0 Å². The van der Waals surface area contributed by atoms with Crippen molar-refractivity contribution >= 4 is 17.9 Å². The van der Waals surface area contributed by atoms with Crippen molar-refractivity contribution in [2.24, 2.45) is 0 Å². The van der Waals surface area contributed by atoms with Crippen LogP contribution < -0.4 is 0 Å². The third-order valence-electron chi connectivity index (χ3n) is 12.9. The van der Waals surface area contributed by atoms with Gasteiger partial charge in [0.15, 0.2) is 6.10 Å². The van der Waals surface area contributed by atoms with E-state index in [-0.39, 0.29) is 31.1 Å². The Bertz CT molecular complexity index is 1370. The highest BCUT2D eigenvalue weighted by Crippen LogP contribution is 2.16. The maximum absolute atomic E-state index is 12.9. The van der Waals surface area contributed by atoms with E-state index in [1.165, 1.54) is 148 Å². The van der Waals surface area contributed by atoms with E-state index in [0.717, 1.165) is 103 Å². The molecule has 0 radical (unpaired) electrons. The van der Waals surface area contributed by atoms with Crippen molar-refractivity contribution in [3.8, 4) is 0 Å². The molecule has 0 heterocycles. The number of allylic oxidation sites excluding steroid dienone is 14. The molecule has 0 bridgehead atoms. The van der Waals surface area contributed by atoms with Gasteiger partial charge < -0.3 is 14.2 Å². The molecule has 0 unspecified atom stereocenters. The standard InChI is InChI=1S/C65H112O6/c1-4-7-10-13-16-19-22-25-28-30-32-34-37-40-43-46-49-52-55-58-64(67)70-61-62(60-69-63(66)57-54-51-48-45-42-39-36-27-24-21-18-15-12-9-6-3)71-65(68)59-56-53-50-47-44-41-38-35-33-31-29-26-23-20-17-14-11-8-5-2/h9,12,16,18-19,21,25,27-28,32,34,36,42,45,62H,4-8,10-11,13-15,17,20,22-24,26,29-31,33,35,37-41,43-44,46-61H2,1-3H3/b12-9-,19-16-,21-18-,28-25-,34-32-,36-27-,45-42-/t62-/m1/s1. The lowest BCUT2D eigenvalue weighted by Crippen LogP contribution is -2.30. The topological polar surface area (TPSA) is 78.9 Å². The monoisotopic (exact) mass is 989 g/mol. The molecular weight excluding hydrogens is 877 g/mol. The van der Waals surface area contributed by atoms with Crippen LogP contribution in [0, 0.1) is 0 Å². The van der Waals surface area contributed by atoms with Crippen LogP contribution in [0.5, 0.6) is 0 Å². The van der Waals surface area contributed by atoms with Crippen molar-refractivity contribution in [1.82, 2.24) is 0 Å². The van der Waals surface area contributed by atoms with Crippen molar-refractivity contribution < 1.29 is 28.6 Å². The maximum Gasteiger partial charge on any atom is 0.306 e. The lowest BCUT2D eigenvalue weighted by Gasteiger charge is -2.18. The van der Waals surface area contributed by atoms with E-state index in [4.69, 9.17) is 14.2 Å². The Labute approximate surface area is 439 Å². The largest absolute Gasteiger partial charge is 0.462 e. The van der Waals surface area contributed by atoms with Gasteiger partial charge in [0.05, 0.1) is 0 Å². The molecule has 408 valence electrons. The molecule has 6 heteroatoms. The normalized spacial score (nSPS) is 12.7. The van der Waals surface area contributed by atoms with Gasteiger partial charge in [-0.1, -0.05) is 260 Å². The molecule has 0 amide bonds. The molecule has 1 atom stereocenters. The Hall–Kier alpha value is -3.41. The fourth-order valence-corrected chi connectivity index (χ4v) is 8.38. The molecule has 0 aliphatic rings. The summed E-state index contributed by atoms with van der Waals surface area (Å²) < 4.78 is 16.9. The molecule has 0 rings (SSSR count). The third-order valence-corrected chi connectivity index (χ3v) is 12.9. The summed E-state index contributed by atoms with van der Waals surface area (Å²) >= 11 is 0. The molecule has 0 fully saturated rings. The minimum Gasteiger partial charge on any atom is -0.462 e. The van der Waals surface area contributed by atoms with Gasteiger partial charge in [-0.05, 0) is 96.3 Å². The van der Waals surface area contributed by atoms with Crippen LogP contribution in [-0.4, -0.2) is 37.2 Å². The third kappa shape index (κ3) is 57.4.